The number of carboxylic acids is 1. The standard InChI is InChI=1S/C17H22ClNO4/c1-11-10-19(9-8-14(11)15(20)21)16(22)17(2,3)23-13-6-4-12(18)5-7-13/h4-7,11,14H,8-10H2,1-3H3,(H,20,21). The highest BCUT2D eigenvalue weighted by molar-refractivity contribution is 6.30. The number of amides is 1. The number of hydrogen-bond acceptors (Lipinski definition) is 3. The number of carboxylic acid groups (broad SMARTS) is 1. The first-order valence-electron chi connectivity index (χ1n) is 7.67. The molecule has 0 bridgehead atoms. The summed E-state index contributed by atoms with van der Waals surface area (Å²) < 4.78 is 5.82. The van der Waals surface area contributed by atoms with Gasteiger partial charge in [0, 0.05) is 18.1 Å². The Balaban J connectivity index is 2.03. The van der Waals surface area contributed by atoms with Crippen LogP contribution >= 0.6 is 11.6 Å². The van der Waals surface area contributed by atoms with Crippen LogP contribution in [0.25, 0.3) is 0 Å². The minimum atomic E-state index is -1.02. The third-order valence-electron chi connectivity index (χ3n) is 4.21. The van der Waals surface area contributed by atoms with Crippen molar-refractivity contribution in [3.05, 3.63) is 29.3 Å². The van der Waals surface area contributed by atoms with E-state index in [4.69, 9.17) is 16.3 Å². The molecule has 1 aromatic rings. The highest BCUT2D eigenvalue weighted by atomic mass is 35.5. The molecule has 0 spiro atoms. The highest BCUT2D eigenvalue weighted by Gasteiger charge is 2.39. The molecule has 1 amide bonds. The Bertz CT molecular complexity index is 585. The molecule has 23 heavy (non-hydrogen) atoms. The molecule has 1 aliphatic rings. The van der Waals surface area contributed by atoms with Gasteiger partial charge in [0.2, 0.25) is 0 Å². The van der Waals surface area contributed by atoms with Crippen LogP contribution in [0.4, 0.5) is 0 Å². The minimum absolute atomic E-state index is 0.0727. The third-order valence-corrected chi connectivity index (χ3v) is 4.46. The Kier molecular flexibility index (Phi) is 5.19. The monoisotopic (exact) mass is 339 g/mol. The predicted octanol–water partition coefficient (Wildman–Crippen LogP) is 3.07. The van der Waals surface area contributed by atoms with Crippen LogP contribution in [0, 0.1) is 11.8 Å². The van der Waals surface area contributed by atoms with E-state index in [0.29, 0.717) is 30.3 Å². The smallest absolute Gasteiger partial charge is 0.306 e. The fourth-order valence-electron chi connectivity index (χ4n) is 2.92. The van der Waals surface area contributed by atoms with Crippen LogP contribution in [0.1, 0.15) is 27.2 Å². The number of aliphatic carboxylic acids is 1. The van der Waals surface area contributed by atoms with Gasteiger partial charge in [-0.05, 0) is 50.5 Å². The van der Waals surface area contributed by atoms with E-state index >= 15 is 0 Å². The lowest BCUT2D eigenvalue weighted by Gasteiger charge is -2.39. The van der Waals surface area contributed by atoms with E-state index in [-0.39, 0.29) is 17.7 Å². The second-order valence-corrected chi connectivity index (χ2v) is 6.96. The Hall–Kier alpha value is -1.75. The molecule has 1 saturated heterocycles. The molecule has 0 aliphatic carbocycles. The third kappa shape index (κ3) is 4.16. The van der Waals surface area contributed by atoms with Crippen LogP contribution in [0.3, 0.4) is 0 Å². The molecular weight excluding hydrogens is 318 g/mol. The summed E-state index contributed by atoms with van der Waals surface area (Å²) in [5.74, 6) is -0.818. The zero-order valence-electron chi connectivity index (χ0n) is 13.6. The zero-order chi connectivity index (χ0) is 17.2. The highest BCUT2D eigenvalue weighted by Crippen LogP contribution is 2.27. The minimum Gasteiger partial charge on any atom is -0.481 e. The first kappa shape index (κ1) is 17.6. The van der Waals surface area contributed by atoms with Gasteiger partial charge in [-0.25, -0.2) is 0 Å². The van der Waals surface area contributed by atoms with Gasteiger partial charge in [0.25, 0.3) is 5.91 Å². The van der Waals surface area contributed by atoms with Gasteiger partial charge in [-0.2, -0.15) is 0 Å². The lowest BCUT2D eigenvalue weighted by Crippen LogP contribution is -2.53. The Labute approximate surface area is 141 Å². The van der Waals surface area contributed by atoms with Crippen molar-refractivity contribution in [1.82, 2.24) is 4.90 Å². The van der Waals surface area contributed by atoms with Crippen molar-refractivity contribution in [3.63, 3.8) is 0 Å². The number of ether oxygens (including phenoxy) is 1. The van der Waals surface area contributed by atoms with E-state index in [9.17, 15) is 14.7 Å². The average Bonchev–Trinajstić information content (AvgIpc) is 2.48. The van der Waals surface area contributed by atoms with E-state index < -0.39 is 11.6 Å². The molecule has 0 aromatic heterocycles. The second-order valence-electron chi connectivity index (χ2n) is 6.53. The molecule has 1 fully saturated rings. The molecule has 2 atom stereocenters. The lowest BCUT2D eigenvalue weighted by atomic mass is 9.86. The van der Waals surface area contributed by atoms with Crippen molar-refractivity contribution < 1.29 is 19.4 Å². The molecule has 1 heterocycles. The van der Waals surface area contributed by atoms with Crippen molar-refractivity contribution in [3.8, 4) is 5.75 Å². The molecule has 1 aromatic carbocycles. The number of benzene rings is 1. The van der Waals surface area contributed by atoms with Crippen molar-refractivity contribution in [2.75, 3.05) is 13.1 Å². The van der Waals surface area contributed by atoms with Gasteiger partial charge in [-0.3, -0.25) is 9.59 Å². The zero-order valence-corrected chi connectivity index (χ0v) is 14.3. The molecular formula is C17H22ClNO4. The summed E-state index contributed by atoms with van der Waals surface area (Å²) >= 11 is 5.84. The number of hydrogen-bond donors (Lipinski definition) is 1. The summed E-state index contributed by atoms with van der Waals surface area (Å²) in [6.45, 7) is 6.18. The van der Waals surface area contributed by atoms with Gasteiger partial charge in [-0.15, -0.1) is 0 Å². The molecule has 6 heteroatoms. The number of halogens is 1. The van der Waals surface area contributed by atoms with Gasteiger partial charge < -0.3 is 14.7 Å². The SMILES string of the molecule is CC1CN(C(=O)C(C)(C)Oc2ccc(Cl)cc2)CCC1C(=O)O. The molecule has 2 unspecified atom stereocenters. The number of carbonyl (C=O) groups excluding carboxylic acids is 1. The molecule has 5 nitrogen and oxygen atoms in total. The molecule has 126 valence electrons. The lowest BCUT2D eigenvalue weighted by molar-refractivity contribution is -0.153. The van der Waals surface area contributed by atoms with Crippen LogP contribution < -0.4 is 4.74 Å². The van der Waals surface area contributed by atoms with Crippen molar-refractivity contribution >= 4 is 23.5 Å². The van der Waals surface area contributed by atoms with Crippen LogP contribution in [-0.4, -0.2) is 40.6 Å². The first-order chi connectivity index (χ1) is 10.7. The fraction of sp³-hybridized carbons (Fsp3) is 0.529. The summed E-state index contributed by atoms with van der Waals surface area (Å²) in [4.78, 5) is 25.6. The summed E-state index contributed by atoms with van der Waals surface area (Å²) in [5, 5.41) is 9.77. The maximum absolute atomic E-state index is 12.7. The van der Waals surface area contributed by atoms with Gasteiger partial charge in [-0.1, -0.05) is 18.5 Å². The quantitative estimate of drug-likeness (QED) is 0.915. The number of likely N-dealkylation sites (tertiary alicyclic amines) is 1. The van der Waals surface area contributed by atoms with E-state index in [0.717, 1.165) is 0 Å². The Morgan fingerprint density at radius 1 is 1.30 bits per heavy atom. The first-order valence-corrected chi connectivity index (χ1v) is 8.05. The predicted molar refractivity (Wildman–Crippen MR) is 87.6 cm³/mol. The van der Waals surface area contributed by atoms with Crippen LogP contribution in [-0.2, 0) is 9.59 Å². The van der Waals surface area contributed by atoms with Crippen molar-refractivity contribution in [2.45, 2.75) is 32.8 Å². The Morgan fingerprint density at radius 3 is 2.43 bits per heavy atom. The molecule has 2 rings (SSSR count). The summed E-state index contributed by atoms with van der Waals surface area (Å²) in [6, 6.07) is 6.85. The maximum atomic E-state index is 12.7. The van der Waals surface area contributed by atoms with Crippen LogP contribution in [0.5, 0.6) is 5.75 Å². The van der Waals surface area contributed by atoms with Crippen molar-refractivity contribution in [1.29, 1.82) is 0 Å². The number of piperidine rings is 1. The van der Waals surface area contributed by atoms with Gasteiger partial charge in [0.15, 0.2) is 5.60 Å². The normalized spacial score (nSPS) is 21.8. The van der Waals surface area contributed by atoms with Gasteiger partial charge in [0.05, 0.1) is 5.92 Å². The molecule has 0 radical (unpaired) electrons. The van der Waals surface area contributed by atoms with Crippen LogP contribution in [0.2, 0.25) is 5.02 Å². The fourth-order valence-corrected chi connectivity index (χ4v) is 3.04. The summed E-state index contributed by atoms with van der Waals surface area (Å²) in [6.07, 6.45) is 0.471. The van der Waals surface area contributed by atoms with E-state index in [1.807, 2.05) is 6.92 Å². The van der Waals surface area contributed by atoms with E-state index in [2.05, 4.69) is 0 Å². The average molecular weight is 340 g/mol. The van der Waals surface area contributed by atoms with E-state index in [1.165, 1.54) is 0 Å². The van der Waals surface area contributed by atoms with Gasteiger partial charge >= 0.3 is 5.97 Å². The van der Waals surface area contributed by atoms with Crippen molar-refractivity contribution in [2.24, 2.45) is 11.8 Å². The number of carbonyl (C=O) groups is 2. The summed E-state index contributed by atoms with van der Waals surface area (Å²) in [7, 11) is 0. The molecule has 0 saturated carbocycles. The number of nitrogens with zero attached hydrogens (tertiary/aromatic N) is 1. The van der Waals surface area contributed by atoms with E-state index in [1.54, 1.807) is 43.0 Å². The van der Waals surface area contributed by atoms with Gasteiger partial charge in [0.1, 0.15) is 5.75 Å². The molecule has 1 aliphatic heterocycles. The topological polar surface area (TPSA) is 66.8 Å². The largest absolute Gasteiger partial charge is 0.481 e. The summed E-state index contributed by atoms with van der Waals surface area (Å²) in [5.41, 5.74) is -1.02. The second kappa shape index (κ2) is 6.79. The van der Waals surface area contributed by atoms with Crippen LogP contribution in [0.15, 0.2) is 24.3 Å². The Morgan fingerprint density at radius 2 is 1.91 bits per heavy atom. The number of rotatable bonds is 4. The maximum Gasteiger partial charge on any atom is 0.306 e. The molecule has 1 N–H and O–H groups in total.